The van der Waals surface area contributed by atoms with E-state index in [1.165, 1.54) is 23.8 Å². The van der Waals surface area contributed by atoms with Crippen LogP contribution in [0.3, 0.4) is 0 Å². The van der Waals surface area contributed by atoms with Gasteiger partial charge in [0.05, 0.1) is 12.2 Å². The molecule has 4 rings (SSSR count). The molecule has 8 heteroatoms. The standard InChI is InChI=1S/C20H21FN4O2S/c21-16-8-2-4-11-19(16)28(26,27)23-13-14-25-18-10-3-1-7-15(18)20(24-25)17-9-5-6-12-22-17/h2,4-6,8-9,11-12,23H,1,3,7,10,13-14H2. The van der Waals surface area contributed by atoms with E-state index < -0.39 is 15.8 Å². The van der Waals surface area contributed by atoms with Crippen molar-refractivity contribution in [3.63, 3.8) is 0 Å². The van der Waals surface area contributed by atoms with E-state index in [-0.39, 0.29) is 11.4 Å². The van der Waals surface area contributed by atoms with Gasteiger partial charge in [-0.05, 0) is 49.9 Å². The number of nitrogens with zero attached hydrogens (tertiary/aromatic N) is 3. The molecule has 0 radical (unpaired) electrons. The van der Waals surface area contributed by atoms with E-state index in [4.69, 9.17) is 5.10 Å². The van der Waals surface area contributed by atoms with E-state index in [9.17, 15) is 12.8 Å². The largest absolute Gasteiger partial charge is 0.267 e. The fourth-order valence-electron chi connectivity index (χ4n) is 3.59. The molecule has 0 saturated carbocycles. The highest BCUT2D eigenvalue weighted by molar-refractivity contribution is 7.89. The zero-order valence-corrected chi connectivity index (χ0v) is 16.1. The summed E-state index contributed by atoms with van der Waals surface area (Å²) >= 11 is 0. The lowest BCUT2D eigenvalue weighted by atomic mass is 9.95. The molecule has 28 heavy (non-hydrogen) atoms. The molecule has 0 bridgehead atoms. The van der Waals surface area contributed by atoms with E-state index in [1.54, 1.807) is 6.20 Å². The van der Waals surface area contributed by atoms with Crippen LogP contribution in [0.25, 0.3) is 11.4 Å². The molecule has 6 nitrogen and oxygen atoms in total. The number of rotatable bonds is 6. The van der Waals surface area contributed by atoms with Crippen LogP contribution in [0, 0.1) is 5.82 Å². The van der Waals surface area contributed by atoms with Crippen molar-refractivity contribution in [3.05, 3.63) is 65.7 Å². The first-order chi connectivity index (χ1) is 13.6. The lowest BCUT2D eigenvalue weighted by Crippen LogP contribution is -2.29. The Kier molecular flexibility index (Phi) is 5.23. The first-order valence-electron chi connectivity index (χ1n) is 9.30. The number of sulfonamides is 1. The van der Waals surface area contributed by atoms with E-state index in [2.05, 4.69) is 9.71 Å². The van der Waals surface area contributed by atoms with Gasteiger partial charge in [-0.1, -0.05) is 18.2 Å². The van der Waals surface area contributed by atoms with Gasteiger partial charge >= 0.3 is 0 Å². The predicted octanol–water partition coefficient (Wildman–Crippen LogP) is 2.94. The van der Waals surface area contributed by atoms with Crippen LogP contribution in [0.4, 0.5) is 4.39 Å². The van der Waals surface area contributed by atoms with Crippen LogP contribution in [0.2, 0.25) is 0 Å². The summed E-state index contributed by atoms with van der Waals surface area (Å²) in [6.07, 6.45) is 5.79. The van der Waals surface area contributed by atoms with Gasteiger partial charge in [-0.15, -0.1) is 0 Å². The molecule has 0 atom stereocenters. The zero-order valence-electron chi connectivity index (χ0n) is 15.3. The quantitative estimate of drug-likeness (QED) is 0.690. The van der Waals surface area contributed by atoms with E-state index in [0.717, 1.165) is 48.8 Å². The number of benzene rings is 1. The second-order valence-electron chi connectivity index (χ2n) is 6.75. The van der Waals surface area contributed by atoms with Crippen molar-refractivity contribution < 1.29 is 12.8 Å². The van der Waals surface area contributed by atoms with Crippen LogP contribution < -0.4 is 4.72 Å². The highest BCUT2D eigenvalue weighted by Crippen LogP contribution is 2.30. The maximum absolute atomic E-state index is 13.8. The van der Waals surface area contributed by atoms with Crippen molar-refractivity contribution in [2.45, 2.75) is 37.1 Å². The topological polar surface area (TPSA) is 76.9 Å². The molecule has 0 amide bonds. The van der Waals surface area contributed by atoms with Crippen LogP contribution in [0.5, 0.6) is 0 Å². The Bertz CT molecular complexity index is 1080. The summed E-state index contributed by atoms with van der Waals surface area (Å²) < 4.78 is 42.9. The van der Waals surface area contributed by atoms with Crippen molar-refractivity contribution in [1.29, 1.82) is 0 Å². The Balaban J connectivity index is 1.54. The third-order valence-corrected chi connectivity index (χ3v) is 6.40. The molecule has 0 unspecified atom stereocenters. The normalized spacial score (nSPS) is 14.0. The van der Waals surface area contributed by atoms with Crippen molar-refractivity contribution >= 4 is 10.0 Å². The maximum Gasteiger partial charge on any atom is 0.243 e. The van der Waals surface area contributed by atoms with Crippen LogP contribution in [-0.4, -0.2) is 29.7 Å². The van der Waals surface area contributed by atoms with Gasteiger partial charge < -0.3 is 0 Å². The monoisotopic (exact) mass is 400 g/mol. The van der Waals surface area contributed by atoms with Crippen LogP contribution in [0.1, 0.15) is 24.1 Å². The highest BCUT2D eigenvalue weighted by Gasteiger charge is 2.23. The van der Waals surface area contributed by atoms with Gasteiger partial charge in [-0.3, -0.25) is 9.67 Å². The van der Waals surface area contributed by atoms with Crippen molar-refractivity contribution in [3.8, 4) is 11.4 Å². The molecule has 1 aliphatic rings. The minimum atomic E-state index is -3.91. The molecule has 0 saturated heterocycles. The summed E-state index contributed by atoms with van der Waals surface area (Å²) in [6, 6.07) is 11.1. The fourth-order valence-corrected chi connectivity index (χ4v) is 4.69. The number of pyridine rings is 1. The molecule has 1 aliphatic carbocycles. The van der Waals surface area contributed by atoms with Gasteiger partial charge in [0.25, 0.3) is 0 Å². The minimum Gasteiger partial charge on any atom is -0.267 e. The lowest BCUT2D eigenvalue weighted by Gasteiger charge is -2.14. The average Bonchev–Trinajstić information content (AvgIpc) is 3.08. The van der Waals surface area contributed by atoms with Gasteiger partial charge in [0.15, 0.2) is 0 Å². The van der Waals surface area contributed by atoms with Crippen molar-refractivity contribution in [2.24, 2.45) is 0 Å². The highest BCUT2D eigenvalue weighted by atomic mass is 32.2. The average molecular weight is 400 g/mol. The Hall–Kier alpha value is -2.58. The molecule has 2 aromatic heterocycles. The number of nitrogens with one attached hydrogen (secondary N) is 1. The van der Waals surface area contributed by atoms with Gasteiger partial charge in [0.1, 0.15) is 16.4 Å². The molecule has 0 fully saturated rings. The molecule has 0 spiro atoms. The Labute approximate surface area is 163 Å². The third-order valence-electron chi connectivity index (χ3n) is 4.91. The number of halogens is 1. The van der Waals surface area contributed by atoms with E-state index in [0.29, 0.717) is 6.54 Å². The van der Waals surface area contributed by atoms with Gasteiger partial charge in [-0.2, -0.15) is 5.10 Å². The molecule has 1 N–H and O–H groups in total. The Morgan fingerprint density at radius 2 is 1.86 bits per heavy atom. The minimum absolute atomic E-state index is 0.131. The molecule has 146 valence electrons. The number of hydrogen-bond donors (Lipinski definition) is 1. The lowest BCUT2D eigenvalue weighted by molar-refractivity contribution is 0.532. The van der Waals surface area contributed by atoms with Gasteiger partial charge in [-0.25, -0.2) is 17.5 Å². The molecule has 2 heterocycles. The van der Waals surface area contributed by atoms with Crippen LogP contribution in [0.15, 0.2) is 53.6 Å². The third kappa shape index (κ3) is 3.70. The Morgan fingerprint density at radius 3 is 2.64 bits per heavy atom. The van der Waals surface area contributed by atoms with Gasteiger partial charge in [0, 0.05) is 24.0 Å². The van der Waals surface area contributed by atoms with Crippen LogP contribution >= 0.6 is 0 Å². The predicted molar refractivity (Wildman–Crippen MR) is 104 cm³/mol. The Morgan fingerprint density at radius 1 is 1.07 bits per heavy atom. The van der Waals surface area contributed by atoms with E-state index in [1.807, 2.05) is 22.9 Å². The first kappa shape index (κ1) is 18.8. The molecular formula is C20H21FN4O2S. The summed E-state index contributed by atoms with van der Waals surface area (Å²) in [4.78, 5) is 4.07. The molecule has 1 aromatic carbocycles. The zero-order chi connectivity index (χ0) is 19.6. The second kappa shape index (κ2) is 7.81. The summed E-state index contributed by atoms with van der Waals surface area (Å²) in [5, 5.41) is 4.72. The van der Waals surface area contributed by atoms with Crippen molar-refractivity contribution in [1.82, 2.24) is 19.5 Å². The maximum atomic E-state index is 13.8. The molecule has 3 aromatic rings. The number of aromatic nitrogens is 3. The van der Waals surface area contributed by atoms with Crippen molar-refractivity contribution in [2.75, 3.05) is 6.54 Å². The number of fused-ring (bicyclic) bond motifs is 1. The van der Waals surface area contributed by atoms with E-state index >= 15 is 0 Å². The summed E-state index contributed by atoms with van der Waals surface area (Å²) in [5.74, 6) is -0.760. The first-order valence-corrected chi connectivity index (χ1v) is 10.8. The van der Waals surface area contributed by atoms with Crippen LogP contribution in [-0.2, 0) is 29.4 Å². The smallest absolute Gasteiger partial charge is 0.243 e. The molecule has 0 aliphatic heterocycles. The summed E-state index contributed by atoms with van der Waals surface area (Å²) in [7, 11) is -3.91. The summed E-state index contributed by atoms with van der Waals surface area (Å²) in [6.45, 7) is 0.509. The SMILES string of the molecule is O=S(=O)(NCCn1nc(-c2ccccn2)c2c1CCCC2)c1ccccc1F. The fraction of sp³-hybridized carbons (Fsp3) is 0.300. The second-order valence-corrected chi connectivity index (χ2v) is 8.48. The van der Waals surface area contributed by atoms with Gasteiger partial charge in [0.2, 0.25) is 10.0 Å². The summed E-state index contributed by atoms with van der Waals surface area (Å²) in [5.41, 5.74) is 4.03. The molecular weight excluding hydrogens is 379 g/mol. The number of hydrogen-bond acceptors (Lipinski definition) is 4.